The Morgan fingerprint density at radius 1 is 1.10 bits per heavy atom. The van der Waals surface area contributed by atoms with E-state index in [1.807, 2.05) is 12.2 Å². The Morgan fingerprint density at radius 2 is 1.74 bits per heavy atom. The lowest BCUT2D eigenvalue weighted by molar-refractivity contribution is -0.143. The van der Waals surface area contributed by atoms with Crippen LogP contribution in [0.1, 0.15) is 6.42 Å². The summed E-state index contributed by atoms with van der Waals surface area (Å²) in [6.45, 7) is -0.351. The molecule has 1 saturated heterocycles. The minimum Gasteiger partial charge on any atom is -0.325 e. The second-order valence-electron chi connectivity index (χ2n) is 7.78. The minimum atomic E-state index is -3.79. The standard InChI is InChI=1S/C20H18N4O5S2/c25-15(10-24-18(26)16-11-1-2-12(9-11)17(16)19(24)27)22-13-3-5-14(6-4-13)31(28,29)23-20-21-7-8-30-20/h1-8,11-12,16-17H,9-10H2,(H,21,23)(H,22,25)/t11-,12-,16+,17+/m0/s1. The molecule has 2 heterocycles. The normalized spacial score (nSPS) is 26.4. The van der Waals surface area contributed by atoms with Crippen molar-refractivity contribution in [2.24, 2.45) is 23.7 Å². The SMILES string of the molecule is O=C(CN1C(=O)[C@H]2[C@H](C1=O)[C@H]1C=C[C@H]2C1)Nc1ccc(S(=O)(=O)Nc2nccs2)cc1. The average molecular weight is 459 g/mol. The van der Waals surface area contributed by atoms with Crippen LogP contribution in [0.5, 0.6) is 0 Å². The molecule has 2 bridgehead atoms. The minimum absolute atomic E-state index is 0.0152. The molecule has 0 radical (unpaired) electrons. The fourth-order valence-corrected chi connectivity index (χ4v) is 6.42. The summed E-state index contributed by atoms with van der Waals surface area (Å²) in [6, 6.07) is 5.60. The summed E-state index contributed by atoms with van der Waals surface area (Å²) >= 11 is 1.16. The first-order valence-electron chi connectivity index (χ1n) is 9.69. The number of thiazole rings is 1. The van der Waals surface area contributed by atoms with Crippen molar-refractivity contribution in [2.45, 2.75) is 11.3 Å². The number of hydrogen-bond donors (Lipinski definition) is 2. The van der Waals surface area contributed by atoms with Crippen LogP contribution in [0.2, 0.25) is 0 Å². The molecule has 2 aliphatic carbocycles. The van der Waals surface area contributed by atoms with Crippen molar-refractivity contribution < 1.29 is 22.8 Å². The van der Waals surface area contributed by atoms with E-state index >= 15 is 0 Å². The van der Waals surface area contributed by atoms with E-state index in [-0.39, 0.29) is 52.1 Å². The van der Waals surface area contributed by atoms with Gasteiger partial charge in [0, 0.05) is 17.3 Å². The number of anilines is 2. The molecule has 1 aromatic heterocycles. The topological polar surface area (TPSA) is 126 Å². The first-order valence-corrected chi connectivity index (χ1v) is 12.1. The van der Waals surface area contributed by atoms with Crippen LogP contribution in [0, 0.1) is 23.7 Å². The zero-order valence-electron chi connectivity index (χ0n) is 16.1. The van der Waals surface area contributed by atoms with Crippen LogP contribution in [0.4, 0.5) is 10.8 Å². The van der Waals surface area contributed by atoms with Crippen LogP contribution in [0.15, 0.2) is 52.9 Å². The molecular formula is C20H18N4O5S2. The number of amides is 3. The number of nitrogens with one attached hydrogen (secondary N) is 2. The van der Waals surface area contributed by atoms with Crippen molar-refractivity contribution in [1.29, 1.82) is 0 Å². The summed E-state index contributed by atoms with van der Waals surface area (Å²) in [5.41, 5.74) is 0.360. The lowest BCUT2D eigenvalue weighted by atomic mass is 9.85. The maximum absolute atomic E-state index is 12.7. The van der Waals surface area contributed by atoms with Gasteiger partial charge in [0.1, 0.15) is 6.54 Å². The van der Waals surface area contributed by atoms with E-state index in [2.05, 4.69) is 15.0 Å². The van der Waals surface area contributed by atoms with Gasteiger partial charge >= 0.3 is 0 Å². The summed E-state index contributed by atoms with van der Waals surface area (Å²) in [5, 5.41) is 4.52. The number of carbonyl (C=O) groups excluding carboxylic acids is 3. The lowest BCUT2D eigenvalue weighted by Gasteiger charge is -2.17. The maximum atomic E-state index is 12.7. The maximum Gasteiger partial charge on any atom is 0.263 e. The molecule has 1 aromatic carbocycles. The molecule has 9 nitrogen and oxygen atoms in total. The van der Waals surface area contributed by atoms with Gasteiger partial charge in [-0.1, -0.05) is 12.2 Å². The molecule has 3 aliphatic rings. The van der Waals surface area contributed by atoms with Gasteiger partial charge in [-0.25, -0.2) is 13.4 Å². The monoisotopic (exact) mass is 458 g/mol. The van der Waals surface area contributed by atoms with Crippen LogP contribution in [-0.2, 0) is 24.4 Å². The fourth-order valence-electron chi connectivity index (χ4n) is 4.63. The predicted octanol–water partition coefficient (Wildman–Crippen LogP) is 1.69. The number of carbonyl (C=O) groups is 3. The molecule has 2 fully saturated rings. The average Bonchev–Trinajstić information content (AvgIpc) is 3.51. The smallest absolute Gasteiger partial charge is 0.263 e. The van der Waals surface area contributed by atoms with Crippen molar-refractivity contribution in [1.82, 2.24) is 9.88 Å². The molecule has 3 amide bonds. The second kappa shape index (κ2) is 7.27. The zero-order chi connectivity index (χ0) is 21.8. The summed E-state index contributed by atoms with van der Waals surface area (Å²) in [5.74, 6) is -1.58. The highest BCUT2D eigenvalue weighted by Crippen LogP contribution is 2.52. The molecular weight excluding hydrogens is 440 g/mol. The number of benzene rings is 1. The molecule has 1 saturated carbocycles. The molecule has 11 heteroatoms. The number of imide groups is 1. The Balaban J connectivity index is 1.22. The third-order valence-corrected chi connectivity index (χ3v) is 8.14. The van der Waals surface area contributed by atoms with E-state index in [1.54, 1.807) is 5.38 Å². The number of likely N-dealkylation sites (tertiary alicyclic amines) is 1. The summed E-state index contributed by atoms with van der Waals surface area (Å²) in [7, 11) is -3.79. The number of fused-ring (bicyclic) bond motifs is 5. The van der Waals surface area contributed by atoms with Crippen LogP contribution >= 0.6 is 11.3 Å². The molecule has 5 rings (SSSR count). The summed E-state index contributed by atoms with van der Waals surface area (Å²) in [6.07, 6.45) is 6.32. The highest BCUT2D eigenvalue weighted by Gasteiger charge is 2.59. The number of hydrogen-bond acceptors (Lipinski definition) is 7. The van der Waals surface area contributed by atoms with Crippen LogP contribution in [0.25, 0.3) is 0 Å². The Labute approximate surface area is 182 Å². The largest absolute Gasteiger partial charge is 0.325 e. The van der Waals surface area contributed by atoms with Crippen LogP contribution < -0.4 is 10.0 Å². The Bertz CT molecular complexity index is 1160. The summed E-state index contributed by atoms with van der Waals surface area (Å²) < 4.78 is 27.1. The van der Waals surface area contributed by atoms with Gasteiger partial charge in [-0.3, -0.25) is 24.0 Å². The van der Waals surface area contributed by atoms with E-state index in [9.17, 15) is 22.8 Å². The van der Waals surface area contributed by atoms with Crippen molar-refractivity contribution in [3.05, 3.63) is 48.0 Å². The zero-order valence-corrected chi connectivity index (χ0v) is 17.7. The van der Waals surface area contributed by atoms with E-state index in [4.69, 9.17) is 0 Å². The van der Waals surface area contributed by atoms with Crippen molar-refractivity contribution >= 4 is 49.9 Å². The highest BCUT2D eigenvalue weighted by atomic mass is 32.2. The van der Waals surface area contributed by atoms with Gasteiger partial charge in [-0.15, -0.1) is 11.3 Å². The third-order valence-electron chi connectivity index (χ3n) is 5.97. The molecule has 4 atom stereocenters. The molecule has 1 aliphatic heterocycles. The first-order chi connectivity index (χ1) is 14.8. The van der Waals surface area contributed by atoms with Crippen molar-refractivity contribution in [2.75, 3.05) is 16.6 Å². The quantitative estimate of drug-likeness (QED) is 0.501. The van der Waals surface area contributed by atoms with E-state index in [0.717, 1.165) is 22.7 Å². The molecule has 31 heavy (non-hydrogen) atoms. The van der Waals surface area contributed by atoms with Gasteiger partial charge < -0.3 is 5.32 Å². The van der Waals surface area contributed by atoms with Gasteiger partial charge in [0.15, 0.2) is 5.13 Å². The van der Waals surface area contributed by atoms with Gasteiger partial charge in [-0.05, 0) is 42.5 Å². The molecule has 160 valence electrons. The highest BCUT2D eigenvalue weighted by molar-refractivity contribution is 7.93. The van der Waals surface area contributed by atoms with E-state index < -0.39 is 15.9 Å². The van der Waals surface area contributed by atoms with Crippen LogP contribution in [0.3, 0.4) is 0 Å². The number of nitrogens with zero attached hydrogens (tertiary/aromatic N) is 2. The first kappa shape index (κ1) is 19.9. The third kappa shape index (κ3) is 3.43. The molecule has 0 spiro atoms. The molecule has 2 N–H and O–H groups in total. The molecule has 0 unspecified atom stereocenters. The Kier molecular flexibility index (Phi) is 4.67. The second-order valence-corrected chi connectivity index (χ2v) is 10.4. The van der Waals surface area contributed by atoms with Crippen LogP contribution in [-0.4, -0.2) is 42.6 Å². The van der Waals surface area contributed by atoms with Crippen molar-refractivity contribution in [3.8, 4) is 0 Å². The number of aromatic nitrogens is 1. The van der Waals surface area contributed by atoms with Gasteiger partial charge in [0.2, 0.25) is 17.7 Å². The van der Waals surface area contributed by atoms with Gasteiger partial charge in [0.05, 0.1) is 16.7 Å². The number of allylic oxidation sites excluding steroid dienone is 2. The van der Waals surface area contributed by atoms with Gasteiger partial charge in [-0.2, -0.15) is 0 Å². The van der Waals surface area contributed by atoms with Crippen molar-refractivity contribution in [3.63, 3.8) is 0 Å². The van der Waals surface area contributed by atoms with E-state index in [0.29, 0.717) is 5.69 Å². The predicted molar refractivity (Wildman–Crippen MR) is 112 cm³/mol. The van der Waals surface area contributed by atoms with Gasteiger partial charge in [0.25, 0.3) is 10.0 Å². The van der Waals surface area contributed by atoms with E-state index in [1.165, 1.54) is 30.5 Å². The fraction of sp³-hybridized carbons (Fsp3) is 0.300. The Morgan fingerprint density at radius 3 is 2.32 bits per heavy atom. The lowest BCUT2D eigenvalue weighted by Crippen LogP contribution is -2.39. The Hall–Kier alpha value is -3.05. The summed E-state index contributed by atoms with van der Waals surface area (Å²) in [4.78, 5) is 42.7. The number of sulfonamides is 1. The molecule has 2 aromatic rings. The number of rotatable bonds is 6.